The summed E-state index contributed by atoms with van der Waals surface area (Å²) in [4.78, 5) is 15.8. The highest BCUT2D eigenvalue weighted by molar-refractivity contribution is 9.10. The highest BCUT2D eigenvalue weighted by atomic mass is 79.9. The Morgan fingerprint density at radius 2 is 2.10 bits per heavy atom. The highest BCUT2D eigenvalue weighted by Crippen LogP contribution is 2.20. The van der Waals surface area contributed by atoms with Crippen LogP contribution in [-0.4, -0.2) is 17.6 Å². The molecule has 104 valence electrons. The predicted molar refractivity (Wildman–Crippen MR) is 76.7 cm³/mol. The van der Waals surface area contributed by atoms with E-state index < -0.39 is 5.97 Å². The summed E-state index contributed by atoms with van der Waals surface area (Å²) in [6.07, 6.45) is 1.22. The minimum Gasteiger partial charge on any atom is -0.710 e. The summed E-state index contributed by atoms with van der Waals surface area (Å²) in [6, 6.07) is 7.17. The normalized spacial score (nSPS) is 10.3. The molecule has 0 amide bonds. The molecule has 0 atom stereocenters. The quantitative estimate of drug-likeness (QED) is 0.524. The van der Waals surface area contributed by atoms with E-state index in [4.69, 9.17) is 10.5 Å². The molecule has 0 saturated carbocycles. The average molecular weight is 338 g/mol. The maximum absolute atomic E-state index is 11.7. The lowest BCUT2D eigenvalue weighted by molar-refractivity contribution is -0.589. The predicted octanol–water partition coefficient (Wildman–Crippen LogP) is 1.90. The lowest BCUT2D eigenvalue weighted by Gasteiger charge is -2.10. The summed E-state index contributed by atoms with van der Waals surface area (Å²) in [5.74, 6) is -0.988. The summed E-state index contributed by atoms with van der Waals surface area (Å²) >= 11 is 3.32. The van der Waals surface area contributed by atoms with Crippen molar-refractivity contribution in [2.24, 2.45) is 0 Å². The zero-order valence-corrected chi connectivity index (χ0v) is 12.3. The molecule has 0 aliphatic rings. The summed E-state index contributed by atoms with van der Waals surface area (Å²) < 4.78 is 6.15. The number of halogens is 1. The number of nitrogen functional groups attached to an aromatic ring is 1. The molecule has 0 bridgehead atoms. The number of esters is 1. The van der Waals surface area contributed by atoms with Gasteiger partial charge in [-0.2, -0.15) is 0 Å². The van der Waals surface area contributed by atoms with Crippen LogP contribution in [0.5, 0.6) is 0 Å². The van der Waals surface area contributed by atoms with Crippen LogP contribution in [0.4, 0.5) is 5.82 Å². The number of carbonyl (C=O) groups is 1. The molecule has 0 aliphatic carbocycles. The van der Waals surface area contributed by atoms with Crippen molar-refractivity contribution in [3.05, 3.63) is 45.8 Å². The van der Waals surface area contributed by atoms with Gasteiger partial charge in [-0.15, -0.1) is 0 Å². The fraction of sp³-hybridized carbons (Fsp3) is 0.154. The van der Waals surface area contributed by atoms with Gasteiger partial charge >= 0.3 is 11.8 Å². The largest absolute Gasteiger partial charge is 0.710 e. The maximum Gasteiger partial charge on any atom is 0.365 e. The summed E-state index contributed by atoms with van der Waals surface area (Å²) in [7, 11) is 0. The van der Waals surface area contributed by atoms with E-state index in [-0.39, 0.29) is 18.1 Å². The molecule has 2 rings (SSSR count). The number of hydrogen-bond acceptors (Lipinski definition) is 5. The molecule has 0 unspecified atom stereocenters. The monoisotopic (exact) mass is 337 g/mol. The Bertz CT molecular complexity index is 644. The van der Waals surface area contributed by atoms with Gasteiger partial charge in [-0.3, -0.25) is 5.73 Å². The second kappa shape index (κ2) is 5.87. The number of nitrogens with zero attached hydrogens (tertiary/aromatic N) is 2. The molecule has 0 radical (unpaired) electrons. The van der Waals surface area contributed by atoms with Crippen LogP contribution >= 0.6 is 15.9 Å². The lowest BCUT2D eigenvalue weighted by atomic mass is 10.1. The number of ether oxygens (including phenoxy) is 1. The molecule has 0 spiro atoms. The van der Waals surface area contributed by atoms with E-state index in [1.54, 1.807) is 19.1 Å². The van der Waals surface area contributed by atoms with Gasteiger partial charge in [0.25, 0.3) is 0 Å². The molecule has 0 fully saturated rings. The van der Waals surface area contributed by atoms with Crippen LogP contribution in [0.2, 0.25) is 0 Å². The van der Waals surface area contributed by atoms with Crippen molar-refractivity contribution in [3.63, 3.8) is 0 Å². The zero-order valence-electron chi connectivity index (χ0n) is 10.7. The van der Waals surface area contributed by atoms with Crippen LogP contribution in [0.15, 0.2) is 34.9 Å². The first-order chi connectivity index (χ1) is 9.52. The van der Waals surface area contributed by atoms with Crippen molar-refractivity contribution >= 4 is 27.7 Å². The van der Waals surface area contributed by atoms with Crippen molar-refractivity contribution in [1.82, 2.24) is 4.98 Å². The Labute approximate surface area is 123 Å². The van der Waals surface area contributed by atoms with E-state index in [9.17, 15) is 10.0 Å². The Morgan fingerprint density at radius 3 is 2.70 bits per heavy atom. The van der Waals surface area contributed by atoms with Crippen LogP contribution < -0.4 is 10.5 Å². The molecule has 0 saturated heterocycles. The first kappa shape index (κ1) is 14.3. The van der Waals surface area contributed by atoms with Gasteiger partial charge in [0.15, 0.2) is 0 Å². The molecule has 20 heavy (non-hydrogen) atoms. The van der Waals surface area contributed by atoms with E-state index in [1.807, 2.05) is 12.1 Å². The van der Waals surface area contributed by atoms with Gasteiger partial charge in [-0.1, -0.05) is 28.1 Å². The van der Waals surface area contributed by atoms with Crippen LogP contribution in [0, 0.1) is 5.21 Å². The van der Waals surface area contributed by atoms with Crippen molar-refractivity contribution in [2.75, 3.05) is 12.3 Å². The third-order valence-corrected chi connectivity index (χ3v) is 3.09. The summed E-state index contributed by atoms with van der Waals surface area (Å²) in [6.45, 7) is 1.85. The first-order valence-corrected chi connectivity index (χ1v) is 6.65. The second-order valence-electron chi connectivity index (χ2n) is 3.91. The van der Waals surface area contributed by atoms with Crippen LogP contribution in [0.25, 0.3) is 11.3 Å². The van der Waals surface area contributed by atoms with Gasteiger partial charge in [0.05, 0.1) is 6.61 Å². The number of aromatic nitrogens is 2. The van der Waals surface area contributed by atoms with Crippen LogP contribution in [0.3, 0.4) is 0 Å². The van der Waals surface area contributed by atoms with Crippen molar-refractivity contribution in [2.45, 2.75) is 6.92 Å². The average Bonchev–Trinajstić information content (AvgIpc) is 2.43. The van der Waals surface area contributed by atoms with Gasteiger partial charge < -0.3 is 9.94 Å². The number of rotatable bonds is 3. The minimum atomic E-state index is -0.714. The van der Waals surface area contributed by atoms with Crippen LogP contribution in [0.1, 0.15) is 17.4 Å². The molecular formula is C13H12BrN3O3. The van der Waals surface area contributed by atoms with Gasteiger partial charge in [-0.25, -0.2) is 14.5 Å². The number of carbonyl (C=O) groups excluding carboxylic acids is 1. The van der Waals surface area contributed by atoms with E-state index in [0.717, 1.165) is 4.47 Å². The molecule has 2 N–H and O–H groups in total. The molecule has 1 aromatic carbocycles. The van der Waals surface area contributed by atoms with Crippen molar-refractivity contribution in [3.8, 4) is 11.3 Å². The lowest BCUT2D eigenvalue weighted by Crippen LogP contribution is -2.34. The van der Waals surface area contributed by atoms with Gasteiger partial charge in [0, 0.05) is 10.0 Å². The topological polar surface area (TPSA) is 92.1 Å². The van der Waals surface area contributed by atoms with E-state index in [2.05, 4.69) is 20.9 Å². The molecule has 6 nitrogen and oxygen atoms in total. The van der Waals surface area contributed by atoms with Crippen molar-refractivity contribution in [1.29, 1.82) is 0 Å². The molecule has 7 heteroatoms. The smallest absolute Gasteiger partial charge is 0.365 e. The summed E-state index contributed by atoms with van der Waals surface area (Å²) in [5.41, 5.74) is 6.44. The van der Waals surface area contributed by atoms with E-state index in [1.165, 1.54) is 6.20 Å². The summed E-state index contributed by atoms with van der Waals surface area (Å²) in [5, 5.41) is 11.7. The SMILES string of the molecule is CCOC(=O)c1nc(-c2ccc(Br)cc2)c[n+]([O-])c1N. The van der Waals surface area contributed by atoms with Gasteiger partial charge in [-0.05, 0) is 19.1 Å². The zero-order chi connectivity index (χ0) is 14.7. The third-order valence-electron chi connectivity index (χ3n) is 2.56. The van der Waals surface area contributed by atoms with E-state index >= 15 is 0 Å². The first-order valence-electron chi connectivity index (χ1n) is 5.85. The molecule has 2 aromatic rings. The number of hydrogen-bond donors (Lipinski definition) is 1. The van der Waals surface area contributed by atoms with Crippen molar-refractivity contribution < 1.29 is 14.3 Å². The van der Waals surface area contributed by atoms with Gasteiger partial charge in [0.1, 0.15) is 11.9 Å². The molecule has 1 heterocycles. The Hall–Kier alpha value is -2.15. The molecule has 0 aliphatic heterocycles. The number of benzene rings is 1. The van der Waals surface area contributed by atoms with Crippen LogP contribution in [-0.2, 0) is 4.74 Å². The highest BCUT2D eigenvalue weighted by Gasteiger charge is 2.21. The minimum absolute atomic E-state index is 0.178. The Kier molecular flexibility index (Phi) is 4.19. The number of anilines is 1. The van der Waals surface area contributed by atoms with Gasteiger partial charge in [0.2, 0.25) is 5.69 Å². The number of nitrogens with two attached hydrogens (primary N) is 1. The van der Waals surface area contributed by atoms with E-state index in [0.29, 0.717) is 16.0 Å². The fourth-order valence-electron chi connectivity index (χ4n) is 1.60. The second-order valence-corrected chi connectivity index (χ2v) is 4.83. The molecular weight excluding hydrogens is 326 g/mol. The standard InChI is InChI=1S/C13H12BrN3O3/c1-2-20-13(18)11-12(15)17(19)7-10(16-11)8-3-5-9(14)6-4-8/h3-7H,2,15H2,1H3. The Morgan fingerprint density at radius 1 is 1.45 bits per heavy atom. The fourth-order valence-corrected chi connectivity index (χ4v) is 1.87. The molecule has 1 aromatic heterocycles. The third kappa shape index (κ3) is 2.88. The maximum atomic E-state index is 11.7. The Balaban J connectivity index is 2.50.